The first-order valence-electron chi connectivity index (χ1n) is 4.54. The van der Waals surface area contributed by atoms with Crippen LogP contribution in [0.5, 0.6) is 0 Å². The largest absolute Gasteiger partial charge is 0.393 e. The van der Waals surface area contributed by atoms with Crippen LogP contribution in [-0.4, -0.2) is 23.2 Å². The van der Waals surface area contributed by atoms with Gasteiger partial charge in [-0.25, -0.2) is 0 Å². The first-order chi connectivity index (χ1) is 5.59. The maximum Gasteiger partial charge on any atom is 0.217 e. The molecule has 3 nitrogen and oxygen atoms in total. The molecule has 1 rings (SSSR count). The van der Waals surface area contributed by atoms with Crippen molar-refractivity contribution in [3.63, 3.8) is 0 Å². The van der Waals surface area contributed by atoms with Crippen molar-refractivity contribution < 1.29 is 9.90 Å². The van der Waals surface area contributed by atoms with Crippen LogP contribution < -0.4 is 5.32 Å². The van der Waals surface area contributed by atoms with Gasteiger partial charge in [-0.05, 0) is 25.2 Å². The van der Waals surface area contributed by atoms with Gasteiger partial charge in [0.15, 0.2) is 0 Å². The zero-order valence-corrected chi connectivity index (χ0v) is 7.71. The van der Waals surface area contributed by atoms with E-state index in [1.54, 1.807) is 0 Å². The third kappa shape index (κ3) is 2.48. The molecular weight excluding hydrogens is 154 g/mol. The molecule has 0 bridgehead atoms. The Morgan fingerprint density at radius 3 is 2.67 bits per heavy atom. The molecule has 0 aromatic carbocycles. The second kappa shape index (κ2) is 3.90. The summed E-state index contributed by atoms with van der Waals surface area (Å²) in [7, 11) is 0. The third-order valence-corrected chi connectivity index (χ3v) is 2.56. The van der Waals surface area contributed by atoms with Crippen molar-refractivity contribution in [2.45, 2.75) is 45.3 Å². The van der Waals surface area contributed by atoms with Crippen LogP contribution in [0, 0.1) is 5.92 Å². The highest BCUT2D eigenvalue weighted by atomic mass is 16.3. The number of carbonyl (C=O) groups is 1. The Morgan fingerprint density at radius 1 is 1.50 bits per heavy atom. The molecule has 0 aliphatic heterocycles. The van der Waals surface area contributed by atoms with Crippen LogP contribution in [0.4, 0.5) is 0 Å². The fraction of sp³-hybridized carbons (Fsp3) is 0.889. The Balaban J connectivity index is 2.35. The van der Waals surface area contributed by atoms with Crippen molar-refractivity contribution in [3.05, 3.63) is 0 Å². The van der Waals surface area contributed by atoms with Crippen LogP contribution in [-0.2, 0) is 4.79 Å². The normalized spacial score (nSPS) is 36.1. The molecule has 1 fully saturated rings. The van der Waals surface area contributed by atoms with Gasteiger partial charge in [-0.2, -0.15) is 0 Å². The minimum atomic E-state index is -0.240. The minimum absolute atomic E-state index is 0.00162. The summed E-state index contributed by atoms with van der Waals surface area (Å²) in [4.78, 5) is 10.7. The van der Waals surface area contributed by atoms with E-state index in [1.807, 2.05) is 0 Å². The standard InChI is InChI=1S/C9H17NO2/c1-6-3-4-8(5-9(6)12)10-7(2)11/h6,8-9,12H,3-5H2,1-2H3,(H,10,11). The molecule has 2 N–H and O–H groups in total. The topological polar surface area (TPSA) is 49.3 Å². The molecule has 12 heavy (non-hydrogen) atoms. The second-order valence-electron chi connectivity index (χ2n) is 3.76. The number of hydrogen-bond acceptors (Lipinski definition) is 2. The Bertz CT molecular complexity index is 170. The first-order valence-corrected chi connectivity index (χ1v) is 4.54. The van der Waals surface area contributed by atoms with E-state index in [0.29, 0.717) is 12.3 Å². The fourth-order valence-electron chi connectivity index (χ4n) is 1.72. The number of nitrogens with one attached hydrogen (secondary N) is 1. The fourth-order valence-corrected chi connectivity index (χ4v) is 1.72. The summed E-state index contributed by atoms with van der Waals surface area (Å²) in [5.41, 5.74) is 0. The molecule has 1 saturated carbocycles. The van der Waals surface area contributed by atoms with E-state index in [1.165, 1.54) is 6.92 Å². The molecule has 3 heteroatoms. The van der Waals surface area contributed by atoms with Crippen molar-refractivity contribution >= 4 is 5.91 Å². The molecule has 0 spiro atoms. The minimum Gasteiger partial charge on any atom is -0.393 e. The van der Waals surface area contributed by atoms with Crippen LogP contribution in [0.2, 0.25) is 0 Å². The summed E-state index contributed by atoms with van der Waals surface area (Å²) in [6.45, 7) is 3.57. The van der Waals surface area contributed by atoms with E-state index in [4.69, 9.17) is 0 Å². The summed E-state index contributed by atoms with van der Waals surface area (Å²) in [5, 5.41) is 12.3. The summed E-state index contributed by atoms with van der Waals surface area (Å²) < 4.78 is 0. The van der Waals surface area contributed by atoms with E-state index in [2.05, 4.69) is 12.2 Å². The van der Waals surface area contributed by atoms with E-state index >= 15 is 0 Å². The van der Waals surface area contributed by atoms with Crippen molar-refractivity contribution in [1.82, 2.24) is 5.32 Å². The lowest BCUT2D eigenvalue weighted by atomic mass is 9.85. The predicted octanol–water partition coefficient (Wildman–Crippen LogP) is 0.672. The molecular formula is C9H17NO2. The Hall–Kier alpha value is -0.570. The molecule has 0 aromatic rings. The third-order valence-electron chi connectivity index (χ3n) is 2.56. The molecule has 1 amide bonds. The summed E-state index contributed by atoms with van der Waals surface area (Å²) >= 11 is 0. The molecule has 0 radical (unpaired) electrons. The zero-order valence-electron chi connectivity index (χ0n) is 7.71. The highest BCUT2D eigenvalue weighted by Gasteiger charge is 2.25. The highest BCUT2D eigenvalue weighted by Crippen LogP contribution is 2.23. The average molecular weight is 171 g/mol. The lowest BCUT2D eigenvalue weighted by Gasteiger charge is -2.31. The lowest BCUT2D eigenvalue weighted by molar-refractivity contribution is -0.120. The summed E-state index contributed by atoms with van der Waals surface area (Å²) in [6.07, 6.45) is 2.47. The molecule has 3 unspecified atom stereocenters. The van der Waals surface area contributed by atoms with Crippen molar-refractivity contribution in [2.75, 3.05) is 0 Å². The molecule has 0 heterocycles. The van der Waals surface area contributed by atoms with Crippen molar-refractivity contribution in [1.29, 1.82) is 0 Å². The van der Waals surface area contributed by atoms with Crippen molar-refractivity contribution in [2.24, 2.45) is 5.92 Å². The average Bonchev–Trinajstić information content (AvgIpc) is 1.96. The maximum absolute atomic E-state index is 10.7. The number of aliphatic hydroxyl groups is 1. The Morgan fingerprint density at radius 2 is 2.17 bits per heavy atom. The number of carbonyl (C=O) groups excluding carboxylic acids is 1. The maximum atomic E-state index is 10.7. The zero-order chi connectivity index (χ0) is 9.14. The van der Waals surface area contributed by atoms with E-state index in [9.17, 15) is 9.90 Å². The van der Waals surface area contributed by atoms with Crippen LogP contribution >= 0.6 is 0 Å². The number of amides is 1. The van der Waals surface area contributed by atoms with Gasteiger partial charge in [0.1, 0.15) is 0 Å². The van der Waals surface area contributed by atoms with Crippen molar-refractivity contribution in [3.8, 4) is 0 Å². The molecule has 0 saturated heterocycles. The number of aliphatic hydroxyl groups excluding tert-OH is 1. The van der Waals surface area contributed by atoms with E-state index < -0.39 is 0 Å². The van der Waals surface area contributed by atoms with E-state index in [-0.39, 0.29) is 18.1 Å². The smallest absolute Gasteiger partial charge is 0.217 e. The van der Waals surface area contributed by atoms with Gasteiger partial charge in [-0.3, -0.25) is 4.79 Å². The molecule has 1 aliphatic carbocycles. The molecule has 3 atom stereocenters. The molecule has 1 aliphatic rings. The SMILES string of the molecule is CC(=O)NC1CCC(C)C(O)C1. The summed E-state index contributed by atoms with van der Waals surface area (Å²) in [5.74, 6) is 0.386. The van der Waals surface area contributed by atoms with Crippen LogP contribution in [0.15, 0.2) is 0 Å². The van der Waals surface area contributed by atoms with Gasteiger partial charge in [0.25, 0.3) is 0 Å². The van der Waals surface area contributed by atoms with Gasteiger partial charge in [-0.1, -0.05) is 6.92 Å². The van der Waals surface area contributed by atoms with Crippen LogP contribution in [0.25, 0.3) is 0 Å². The van der Waals surface area contributed by atoms with Crippen LogP contribution in [0.1, 0.15) is 33.1 Å². The Kier molecular flexibility index (Phi) is 3.09. The van der Waals surface area contributed by atoms with Gasteiger partial charge in [0.05, 0.1) is 6.10 Å². The van der Waals surface area contributed by atoms with Gasteiger partial charge in [0.2, 0.25) is 5.91 Å². The van der Waals surface area contributed by atoms with E-state index in [0.717, 1.165) is 12.8 Å². The molecule has 70 valence electrons. The number of rotatable bonds is 1. The first kappa shape index (κ1) is 9.52. The number of hydrogen-bond donors (Lipinski definition) is 2. The quantitative estimate of drug-likeness (QED) is 0.609. The van der Waals surface area contributed by atoms with Gasteiger partial charge >= 0.3 is 0 Å². The monoisotopic (exact) mass is 171 g/mol. The van der Waals surface area contributed by atoms with Crippen LogP contribution in [0.3, 0.4) is 0 Å². The Labute approximate surface area is 73.2 Å². The second-order valence-corrected chi connectivity index (χ2v) is 3.76. The lowest BCUT2D eigenvalue weighted by Crippen LogP contribution is -2.41. The highest BCUT2D eigenvalue weighted by molar-refractivity contribution is 5.73. The van der Waals surface area contributed by atoms with Gasteiger partial charge in [0, 0.05) is 13.0 Å². The van der Waals surface area contributed by atoms with Gasteiger partial charge in [-0.15, -0.1) is 0 Å². The van der Waals surface area contributed by atoms with Gasteiger partial charge < -0.3 is 10.4 Å². The predicted molar refractivity (Wildman–Crippen MR) is 46.6 cm³/mol. The summed E-state index contributed by atoms with van der Waals surface area (Å²) in [6, 6.07) is 0.189. The molecule has 0 aromatic heterocycles.